The van der Waals surface area contributed by atoms with Gasteiger partial charge in [-0.2, -0.15) is 0 Å². The first-order chi connectivity index (χ1) is 9.02. The smallest absolute Gasteiger partial charge is 0.348 e. The van der Waals surface area contributed by atoms with Crippen molar-refractivity contribution >= 4 is 22.4 Å². The van der Waals surface area contributed by atoms with E-state index in [1.54, 1.807) is 7.05 Å². The molecule has 0 aliphatic heterocycles. The molecule has 2 rings (SSSR count). The van der Waals surface area contributed by atoms with Gasteiger partial charge in [0, 0.05) is 12.6 Å². The number of thiazole rings is 1. The van der Waals surface area contributed by atoms with Crippen molar-refractivity contribution in [2.45, 2.75) is 19.8 Å². The van der Waals surface area contributed by atoms with Gasteiger partial charge in [-0.3, -0.25) is 0 Å². The lowest BCUT2D eigenvalue weighted by Crippen LogP contribution is -1.96. The molecule has 1 aromatic carbocycles. The van der Waals surface area contributed by atoms with E-state index < -0.39 is 5.97 Å². The van der Waals surface area contributed by atoms with Gasteiger partial charge in [-0.05, 0) is 11.5 Å². The molecule has 0 saturated carbocycles. The summed E-state index contributed by atoms with van der Waals surface area (Å²) in [6.07, 6.45) is 0. The summed E-state index contributed by atoms with van der Waals surface area (Å²) in [4.78, 5) is 15.8. The molecule has 0 amide bonds. The Hall–Kier alpha value is -1.88. The predicted molar refractivity (Wildman–Crippen MR) is 78.1 cm³/mol. The summed E-state index contributed by atoms with van der Waals surface area (Å²) >= 11 is 1.15. The van der Waals surface area contributed by atoms with E-state index in [0.717, 1.165) is 16.9 Å². The highest BCUT2D eigenvalue weighted by Gasteiger charge is 2.18. The Morgan fingerprint density at radius 3 is 2.42 bits per heavy atom. The third-order valence-electron chi connectivity index (χ3n) is 2.89. The van der Waals surface area contributed by atoms with Crippen molar-refractivity contribution in [1.29, 1.82) is 0 Å². The van der Waals surface area contributed by atoms with E-state index >= 15 is 0 Å². The lowest BCUT2D eigenvalue weighted by molar-refractivity contribution is 0.0702. The second-order valence-electron chi connectivity index (χ2n) is 4.53. The van der Waals surface area contributed by atoms with E-state index in [-0.39, 0.29) is 4.88 Å². The number of carboxylic acids is 1. The van der Waals surface area contributed by atoms with E-state index in [4.69, 9.17) is 0 Å². The van der Waals surface area contributed by atoms with Crippen LogP contribution in [0, 0.1) is 0 Å². The lowest BCUT2D eigenvalue weighted by Gasteiger charge is -2.06. The van der Waals surface area contributed by atoms with Crippen LogP contribution in [0.4, 0.5) is 5.13 Å². The fourth-order valence-electron chi connectivity index (χ4n) is 1.79. The summed E-state index contributed by atoms with van der Waals surface area (Å²) in [5, 5.41) is 12.7. The average molecular weight is 276 g/mol. The first-order valence-corrected chi connectivity index (χ1v) is 6.86. The maximum atomic E-state index is 11.2. The summed E-state index contributed by atoms with van der Waals surface area (Å²) in [7, 11) is 1.73. The van der Waals surface area contributed by atoms with Crippen LogP contribution >= 0.6 is 11.3 Å². The summed E-state index contributed by atoms with van der Waals surface area (Å²) < 4.78 is 0. The molecule has 0 saturated heterocycles. The van der Waals surface area contributed by atoms with Gasteiger partial charge in [-0.15, -0.1) is 0 Å². The molecule has 0 aliphatic rings. The maximum absolute atomic E-state index is 11.2. The normalized spacial score (nSPS) is 10.7. The highest BCUT2D eigenvalue weighted by Crippen LogP contribution is 2.31. The Kier molecular flexibility index (Phi) is 3.85. The SMILES string of the molecule is CNc1nc(-c2ccc(C(C)C)cc2)c(C(=O)O)s1. The molecule has 0 spiro atoms. The quantitative estimate of drug-likeness (QED) is 0.894. The molecule has 1 heterocycles. The average Bonchev–Trinajstić information content (AvgIpc) is 2.83. The standard InChI is InChI=1S/C14H16N2O2S/c1-8(2)9-4-6-10(7-5-9)11-12(13(17)18)19-14(15-3)16-11/h4-8H,1-3H3,(H,15,16)(H,17,18). The number of anilines is 1. The lowest BCUT2D eigenvalue weighted by atomic mass is 10.0. The van der Waals surface area contributed by atoms with Crippen LogP contribution in [0.3, 0.4) is 0 Å². The minimum absolute atomic E-state index is 0.265. The maximum Gasteiger partial charge on any atom is 0.348 e. The summed E-state index contributed by atoms with van der Waals surface area (Å²) in [5.74, 6) is -0.488. The van der Waals surface area contributed by atoms with Gasteiger partial charge in [0.15, 0.2) is 5.13 Å². The Balaban J connectivity index is 2.45. The molecular formula is C14H16N2O2S. The molecule has 2 N–H and O–H groups in total. The van der Waals surface area contributed by atoms with Gasteiger partial charge < -0.3 is 10.4 Å². The zero-order chi connectivity index (χ0) is 14.0. The minimum Gasteiger partial charge on any atom is -0.477 e. The van der Waals surface area contributed by atoms with Crippen LogP contribution in [-0.4, -0.2) is 23.1 Å². The number of carbonyl (C=O) groups is 1. The zero-order valence-electron chi connectivity index (χ0n) is 11.1. The summed E-state index contributed by atoms with van der Waals surface area (Å²) in [6, 6.07) is 7.89. The summed E-state index contributed by atoms with van der Waals surface area (Å²) in [5.41, 5.74) is 2.58. The largest absolute Gasteiger partial charge is 0.477 e. The van der Waals surface area contributed by atoms with Crippen LogP contribution in [0.1, 0.15) is 35.0 Å². The predicted octanol–water partition coefficient (Wildman–Crippen LogP) is 3.67. The number of benzene rings is 1. The van der Waals surface area contributed by atoms with Crippen LogP contribution in [-0.2, 0) is 0 Å². The Morgan fingerprint density at radius 1 is 1.32 bits per heavy atom. The van der Waals surface area contributed by atoms with E-state index in [0.29, 0.717) is 16.7 Å². The Labute approximate surface area is 116 Å². The molecule has 0 bridgehead atoms. The van der Waals surface area contributed by atoms with Crippen molar-refractivity contribution in [2.75, 3.05) is 12.4 Å². The van der Waals surface area contributed by atoms with E-state index in [2.05, 4.69) is 24.1 Å². The van der Waals surface area contributed by atoms with Crippen molar-refractivity contribution < 1.29 is 9.90 Å². The monoisotopic (exact) mass is 276 g/mol. The molecule has 2 aromatic rings. The van der Waals surface area contributed by atoms with Crippen LogP contribution < -0.4 is 5.32 Å². The number of carboxylic acid groups (broad SMARTS) is 1. The molecule has 0 radical (unpaired) electrons. The molecule has 0 aliphatic carbocycles. The third kappa shape index (κ3) is 2.76. The van der Waals surface area contributed by atoms with E-state index in [9.17, 15) is 9.90 Å². The number of nitrogens with zero attached hydrogens (tertiary/aromatic N) is 1. The van der Waals surface area contributed by atoms with Gasteiger partial charge in [0.05, 0.1) is 5.69 Å². The van der Waals surface area contributed by atoms with Crippen LogP contribution in [0.2, 0.25) is 0 Å². The van der Waals surface area contributed by atoms with Gasteiger partial charge in [-0.25, -0.2) is 9.78 Å². The van der Waals surface area contributed by atoms with Crippen molar-refractivity contribution in [1.82, 2.24) is 4.98 Å². The molecule has 0 unspecified atom stereocenters. The number of aromatic carboxylic acids is 1. The molecule has 19 heavy (non-hydrogen) atoms. The number of nitrogens with one attached hydrogen (secondary N) is 1. The molecule has 1 aromatic heterocycles. The molecule has 100 valence electrons. The van der Waals surface area contributed by atoms with Gasteiger partial charge in [-0.1, -0.05) is 49.4 Å². The Morgan fingerprint density at radius 2 is 1.95 bits per heavy atom. The first-order valence-electron chi connectivity index (χ1n) is 6.05. The molecule has 0 fully saturated rings. The highest BCUT2D eigenvalue weighted by atomic mass is 32.1. The van der Waals surface area contributed by atoms with E-state index in [1.807, 2.05) is 24.3 Å². The van der Waals surface area contributed by atoms with Crippen molar-refractivity contribution in [3.63, 3.8) is 0 Å². The van der Waals surface area contributed by atoms with Crippen LogP contribution in [0.5, 0.6) is 0 Å². The fraction of sp³-hybridized carbons (Fsp3) is 0.286. The Bertz CT molecular complexity index is 588. The number of hydrogen-bond acceptors (Lipinski definition) is 4. The summed E-state index contributed by atoms with van der Waals surface area (Å²) in [6.45, 7) is 4.25. The number of rotatable bonds is 4. The fourth-order valence-corrected chi connectivity index (χ4v) is 2.57. The molecule has 4 nitrogen and oxygen atoms in total. The molecule has 0 atom stereocenters. The van der Waals surface area contributed by atoms with Crippen molar-refractivity contribution in [3.8, 4) is 11.3 Å². The van der Waals surface area contributed by atoms with Crippen molar-refractivity contribution in [3.05, 3.63) is 34.7 Å². The second kappa shape index (κ2) is 5.40. The van der Waals surface area contributed by atoms with Crippen LogP contribution in [0.15, 0.2) is 24.3 Å². The minimum atomic E-state index is -0.943. The zero-order valence-corrected chi connectivity index (χ0v) is 11.9. The molecule has 5 heteroatoms. The van der Waals surface area contributed by atoms with Gasteiger partial charge in [0.25, 0.3) is 0 Å². The first kappa shape index (κ1) is 13.5. The highest BCUT2D eigenvalue weighted by molar-refractivity contribution is 7.17. The van der Waals surface area contributed by atoms with E-state index in [1.165, 1.54) is 5.56 Å². The number of hydrogen-bond donors (Lipinski definition) is 2. The van der Waals surface area contributed by atoms with Gasteiger partial charge >= 0.3 is 5.97 Å². The molecular weight excluding hydrogens is 260 g/mol. The van der Waals surface area contributed by atoms with Gasteiger partial charge in [0.2, 0.25) is 0 Å². The number of aromatic nitrogens is 1. The third-order valence-corrected chi connectivity index (χ3v) is 3.95. The topological polar surface area (TPSA) is 62.2 Å². The second-order valence-corrected chi connectivity index (χ2v) is 5.53. The van der Waals surface area contributed by atoms with Crippen LogP contribution in [0.25, 0.3) is 11.3 Å². The van der Waals surface area contributed by atoms with Gasteiger partial charge in [0.1, 0.15) is 4.88 Å². The van der Waals surface area contributed by atoms with Crippen molar-refractivity contribution in [2.24, 2.45) is 0 Å².